The van der Waals surface area contributed by atoms with Gasteiger partial charge in [0.25, 0.3) is 0 Å². The van der Waals surface area contributed by atoms with Crippen LogP contribution in [0.3, 0.4) is 0 Å². The average molecular weight is 435 g/mol. The van der Waals surface area contributed by atoms with Gasteiger partial charge < -0.3 is 9.64 Å². The highest BCUT2D eigenvalue weighted by atomic mass is 32.2. The van der Waals surface area contributed by atoms with Gasteiger partial charge in [-0.05, 0) is 65.7 Å². The summed E-state index contributed by atoms with van der Waals surface area (Å²) < 4.78 is 59.3. The molecule has 1 unspecified atom stereocenters. The second kappa shape index (κ2) is 9.04. The predicted molar refractivity (Wildman–Crippen MR) is 106 cm³/mol. The first-order valence-electron chi connectivity index (χ1n) is 9.65. The Morgan fingerprint density at radius 3 is 2.28 bits per heavy atom. The van der Waals surface area contributed by atoms with Crippen molar-refractivity contribution in [3.8, 4) is 0 Å². The maximum absolute atomic E-state index is 13.1. The second-order valence-electron chi connectivity index (χ2n) is 8.43. The Labute approximate surface area is 172 Å². The summed E-state index contributed by atoms with van der Waals surface area (Å²) in [6, 6.07) is 4.41. The van der Waals surface area contributed by atoms with E-state index in [-0.39, 0.29) is 23.1 Å². The quantitative estimate of drug-likeness (QED) is 0.682. The van der Waals surface area contributed by atoms with E-state index in [1.165, 1.54) is 12.1 Å². The average Bonchev–Trinajstić information content (AvgIpc) is 2.60. The van der Waals surface area contributed by atoms with Gasteiger partial charge in [-0.15, -0.1) is 0 Å². The molecule has 1 aliphatic heterocycles. The maximum atomic E-state index is 13.1. The zero-order valence-electron chi connectivity index (χ0n) is 17.5. The fraction of sp³-hybridized carbons (Fsp3) is 0.650. The lowest BCUT2D eigenvalue weighted by Gasteiger charge is -2.39. The Bertz CT molecular complexity index is 739. The molecule has 1 aromatic rings. The highest BCUT2D eigenvalue weighted by molar-refractivity contribution is 7.82. The number of amides is 1. The minimum Gasteiger partial charge on any atom is -0.444 e. The van der Waals surface area contributed by atoms with E-state index in [9.17, 15) is 22.2 Å². The van der Waals surface area contributed by atoms with Crippen molar-refractivity contribution >= 4 is 17.1 Å². The molecule has 1 aromatic carbocycles. The van der Waals surface area contributed by atoms with E-state index in [0.717, 1.165) is 12.1 Å². The zero-order chi connectivity index (χ0) is 22.0. The van der Waals surface area contributed by atoms with Crippen molar-refractivity contribution in [2.75, 3.05) is 13.1 Å². The van der Waals surface area contributed by atoms with Gasteiger partial charge in [0.05, 0.1) is 10.5 Å². The minimum absolute atomic E-state index is 0.107. The van der Waals surface area contributed by atoms with Crippen molar-refractivity contribution in [3.05, 3.63) is 29.8 Å². The van der Waals surface area contributed by atoms with Crippen LogP contribution in [-0.2, 0) is 21.9 Å². The number of ether oxygens (including phenoxy) is 1. The molecule has 164 valence electrons. The third kappa shape index (κ3) is 6.44. The number of nitrogens with zero attached hydrogens (tertiary/aromatic N) is 2. The number of likely N-dealkylation sites (tertiary alicyclic amines) is 1. The van der Waals surface area contributed by atoms with E-state index >= 15 is 0 Å². The van der Waals surface area contributed by atoms with Crippen molar-refractivity contribution in [3.63, 3.8) is 0 Å². The standard InChI is InChI=1S/C20H29F3N2O3S/c1-14(2)25(29(27)17-8-6-7-15(13-17)20(21,22)23)16-9-11-24(12-10-16)18(26)28-19(3,4)5/h6-8,13-14,16H,9-12H2,1-5H3. The van der Waals surface area contributed by atoms with Gasteiger partial charge in [0, 0.05) is 25.2 Å². The van der Waals surface area contributed by atoms with Crippen LogP contribution in [0, 0.1) is 0 Å². The molecule has 0 aromatic heterocycles. The van der Waals surface area contributed by atoms with Gasteiger partial charge in [0.15, 0.2) is 0 Å². The molecule has 1 fully saturated rings. The maximum Gasteiger partial charge on any atom is 0.416 e. The zero-order valence-corrected chi connectivity index (χ0v) is 18.3. The van der Waals surface area contributed by atoms with Crippen LogP contribution in [0.5, 0.6) is 0 Å². The summed E-state index contributed by atoms with van der Waals surface area (Å²) in [7, 11) is -1.73. The predicted octanol–water partition coefficient (Wildman–Crippen LogP) is 4.84. The Morgan fingerprint density at radius 1 is 1.21 bits per heavy atom. The van der Waals surface area contributed by atoms with Gasteiger partial charge in [0.1, 0.15) is 16.6 Å². The lowest BCUT2D eigenvalue weighted by Crippen LogP contribution is -2.50. The fourth-order valence-electron chi connectivity index (χ4n) is 3.28. The van der Waals surface area contributed by atoms with Crippen molar-refractivity contribution in [2.45, 2.75) is 76.2 Å². The fourth-order valence-corrected chi connectivity index (χ4v) is 4.81. The van der Waals surface area contributed by atoms with Crippen LogP contribution < -0.4 is 0 Å². The third-order valence-corrected chi connectivity index (χ3v) is 6.30. The molecular formula is C20H29F3N2O3S. The molecule has 29 heavy (non-hydrogen) atoms. The molecule has 1 aliphatic rings. The van der Waals surface area contributed by atoms with Crippen LogP contribution >= 0.6 is 0 Å². The first-order valence-corrected chi connectivity index (χ1v) is 10.8. The number of carbonyl (C=O) groups is 1. The van der Waals surface area contributed by atoms with Gasteiger partial charge in [-0.2, -0.15) is 13.2 Å². The van der Waals surface area contributed by atoms with Crippen LogP contribution in [0.15, 0.2) is 29.2 Å². The number of hydrogen-bond acceptors (Lipinski definition) is 3. The first kappa shape index (κ1) is 23.7. The summed E-state index contributed by atoms with van der Waals surface area (Å²) in [5.74, 6) is 0. The Morgan fingerprint density at radius 2 is 1.79 bits per heavy atom. The number of halogens is 3. The second-order valence-corrected chi connectivity index (χ2v) is 9.82. The van der Waals surface area contributed by atoms with E-state index in [2.05, 4.69) is 0 Å². The molecule has 1 heterocycles. The number of rotatable bonds is 4. The largest absolute Gasteiger partial charge is 0.444 e. The topological polar surface area (TPSA) is 49.9 Å². The Hall–Kier alpha value is -1.61. The molecule has 0 bridgehead atoms. The molecule has 1 saturated heterocycles. The number of benzene rings is 1. The highest BCUT2D eigenvalue weighted by Crippen LogP contribution is 2.31. The van der Waals surface area contributed by atoms with Crippen LogP contribution in [0.25, 0.3) is 0 Å². The molecule has 5 nitrogen and oxygen atoms in total. The van der Waals surface area contributed by atoms with E-state index in [1.807, 2.05) is 13.8 Å². The number of alkyl halides is 3. The molecule has 9 heteroatoms. The molecule has 0 N–H and O–H groups in total. The minimum atomic E-state index is -4.48. The summed E-state index contributed by atoms with van der Waals surface area (Å²) in [5.41, 5.74) is -1.39. The lowest BCUT2D eigenvalue weighted by atomic mass is 10.0. The van der Waals surface area contributed by atoms with Crippen molar-refractivity contribution in [1.29, 1.82) is 0 Å². The summed E-state index contributed by atoms with van der Waals surface area (Å²) in [5, 5.41) is 0. The summed E-state index contributed by atoms with van der Waals surface area (Å²) in [4.78, 5) is 14.0. The van der Waals surface area contributed by atoms with Gasteiger partial charge >= 0.3 is 12.3 Å². The molecular weight excluding hydrogens is 405 g/mol. The molecule has 0 aliphatic carbocycles. The normalized spacial score (nSPS) is 17.7. The van der Waals surface area contributed by atoms with Crippen LogP contribution in [-0.4, -0.2) is 50.3 Å². The molecule has 0 radical (unpaired) electrons. The van der Waals surface area contributed by atoms with Crippen LogP contribution in [0.2, 0.25) is 0 Å². The van der Waals surface area contributed by atoms with Gasteiger partial charge in [-0.25, -0.2) is 13.3 Å². The summed E-state index contributed by atoms with van der Waals surface area (Å²) >= 11 is 0. The van der Waals surface area contributed by atoms with E-state index in [4.69, 9.17) is 4.74 Å². The third-order valence-electron chi connectivity index (χ3n) is 4.54. The first-order chi connectivity index (χ1) is 13.3. The molecule has 2 rings (SSSR count). The van der Waals surface area contributed by atoms with Gasteiger partial charge in [-0.3, -0.25) is 0 Å². The summed E-state index contributed by atoms with van der Waals surface area (Å²) in [6.45, 7) is 10.0. The van der Waals surface area contributed by atoms with Crippen molar-refractivity contribution in [2.24, 2.45) is 0 Å². The number of carbonyl (C=O) groups excluding carboxylic acids is 1. The molecule has 1 atom stereocenters. The molecule has 1 amide bonds. The monoisotopic (exact) mass is 434 g/mol. The van der Waals surface area contributed by atoms with E-state index < -0.39 is 28.3 Å². The highest BCUT2D eigenvalue weighted by Gasteiger charge is 2.35. The molecule has 0 spiro atoms. The van der Waals surface area contributed by atoms with Gasteiger partial charge in [0.2, 0.25) is 0 Å². The molecule has 0 saturated carbocycles. The SMILES string of the molecule is CC(C)N(C1CCN(C(=O)OC(C)(C)C)CC1)S(=O)c1cccc(C(F)(F)F)c1. The van der Waals surface area contributed by atoms with Crippen LogP contribution in [0.1, 0.15) is 53.0 Å². The Balaban J connectivity index is 2.11. The van der Waals surface area contributed by atoms with E-state index in [1.54, 1.807) is 30.0 Å². The smallest absolute Gasteiger partial charge is 0.416 e. The van der Waals surface area contributed by atoms with Crippen LogP contribution in [0.4, 0.5) is 18.0 Å². The van der Waals surface area contributed by atoms with Crippen molar-refractivity contribution in [1.82, 2.24) is 9.21 Å². The lowest BCUT2D eigenvalue weighted by molar-refractivity contribution is -0.137. The van der Waals surface area contributed by atoms with Gasteiger partial charge in [-0.1, -0.05) is 6.07 Å². The number of piperidine rings is 1. The van der Waals surface area contributed by atoms with Crippen molar-refractivity contribution < 1.29 is 26.9 Å². The Kier molecular flexibility index (Phi) is 7.37. The summed E-state index contributed by atoms with van der Waals surface area (Å²) in [6.07, 6.45) is -3.72. The van der Waals surface area contributed by atoms with E-state index in [0.29, 0.717) is 25.9 Å². The number of hydrogen-bond donors (Lipinski definition) is 0.